The molecule has 0 heterocycles. The van der Waals surface area contributed by atoms with E-state index < -0.39 is 0 Å². The van der Waals surface area contributed by atoms with Crippen LogP contribution >= 0.6 is 0 Å². The first-order valence-corrected chi connectivity index (χ1v) is 10.6. The number of hydrogen-bond acceptors (Lipinski definition) is 0. The molecule has 0 saturated carbocycles. The second-order valence-corrected chi connectivity index (χ2v) is 14.8. The van der Waals surface area contributed by atoms with Crippen LogP contribution in [0.1, 0.15) is 0 Å². The third kappa shape index (κ3) is 15.2. The normalized spacial score (nSPS) is 9.75. The van der Waals surface area contributed by atoms with Crippen LogP contribution in [0.25, 0.3) is 0 Å². The van der Waals surface area contributed by atoms with Crippen molar-refractivity contribution in [2.24, 2.45) is 0 Å². The Morgan fingerprint density at radius 2 is 1.50 bits per heavy atom. The van der Waals surface area contributed by atoms with Gasteiger partial charge in [-0.05, 0) is 0 Å². The molecule has 0 rings (SSSR count). The molecule has 0 bridgehead atoms. The molecule has 0 saturated heterocycles. The van der Waals surface area contributed by atoms with E-state index in [0.717, 1.165) is 0 Å². The minimum atomic E-state index is 0.0972. The molecule has 0 aromatic carbocycles. The summed E-state index contributed by atoms with van der Waals surface area (Å²) in [4.78, 5) is 0. The first-order chi connectivity index (χ1) is 1.73. The summed E-state index contributed by atoms with van der Waals surface area (Å²) in [6.45, 7) is 0. The molecule has 0 amide bonds. The van der Waals surface area contributed by atoms with Crippen LogP contribution in [0.5, 0.6) is 0 Å². The van der Waals surface area contributed by atoms with Gasteiger partial charge in [-0.2, -0.15) is 0 Å². The topological polar surface area (TPSA) is 0 Å². The minimum absolute atomic E-state index is 0.0972. The number of rotatable bonds is 0. The molecule has 0 unspecified atom stereocenters. The molecule has 0 atom stereocenters. The quantitative estimate of drug-likeness (QED) is 0.402. The van der Waals surface area contributed by atoms with Crippen LogP contribution in [-0.4, -0.2) is 22.1 Å². The van der Waals surface area contributed by atoms with Gasteiger partial charge in [0.25, 0.3) is 0 Å². The molecule has 4 heavy (non-hydrogen) atoms. The zero-order valence-electron chi connectivity index (χ0n) is 3.41. The van der Waals surface area contributed by atoms with Crippen LogP contribution in [0.3, 0.4) is 0 Å². The summed E-state index contributed by atoms with van der Waals surface area (Å²) in [6.07, 6.45) is 0. The number of hydrogen-bond donors (Lipinski definition) is 0. The van der Waals surface area contributed by atoms with Gasteiger partial charge >= 0.3 is 33.8 Å². The fourth-order valence-electron chi connectivity index (χ4n) is 0. The van der Waals surface area contributed by atoms with E-state index in [-0.39, 0.29) is 13.3 Å². The summed E-state index contributed by atoms with van der Waals surface area (Å²) in [5.74, 6) is 4.71. The van der Waals surface area contributed by atoms with Gasteiger partial charge in [0, 0.05) is 0 Å². The van der Waals surface area contributed by atoms with E-state index in [9.17, 15) is 0 Å². The van der Waals surface area contributed by atoms with Gasteiger partial charge in [0.05, 0.1) is 0 Å². The molecule has 0 aromatic rings. The van der Waals surface area contributed by atoms with Crippen LogP contribution in [0.15, 0.2) is 0 Å². The molecular weight excluding hydrogens is 131 g/mol. The van der Waals surface area contributed by atoms with E-state index in [0.29, 0.717) is 0 Å². The zero-order valence-corrected chi connectivity index (χ0v) is 7.12. The molecular formula is C2H9SeSi. The van der Waals surface area contributed by atoms with Crippen molar-refractivity contribution >= 4 is 22.1 Å². The summed E-state index contributed by atoms with van der Waals surface area (Å²) >= 11 is 0.0972. The van der Waals surface area contributed by atoms with Crippen LogP contribution in [0, 0.1) is 0 Å². The van der Waals surface area contributed by atoms with Gasteiger partial charge in [-0.1, -0.05) is 0 Å². The summed E-state index contributed by atoms with van der Waals surface area (Å²) < 4.78 is 0. The average molecular weight is 140 g/mol. The Hall–Kier alpha value is 0.736. The van der Waals surface area contributed by atoms with Crippen LogP contribution in [-0.2, 0) is 0 Å². The molecule has 0 fully saturated rings. The molecule has 0 aromatic heterocycles. The molecule has 0 N–H and O–H groups in total. The molecule has 0 nitrogen and oxygen atoms in total. The van der Waals surface area contributed by atoms with Crippen LogP contribution in [0.2, 0.25) is 11.6 Å². The van der Waals surface area contributed by atoms with Crippen molar-refractivity contribution in [2.45, 2.75) is 11.6 Å². The molecule has 0 aliphatic heterocycles. The Balaban J connectivity index is 2.32. The molecule has 0 aliphatic carbocycles. The van der Waals surface area contributed by atoms with Gasteiger partial charge in [-0.25, -0.2) is 0 Å². The molecule has 2 heteroatoms. The Morgan fingerprint density at radius 1 is 1.50 bits per heavy atom. The van der Waals surface area contributed by atoms with Crippen molar-refractivity contribution in [2.75, 3.05) is 0 Å². The summed E-state index contributed by atoms with van der Waals surface area (Å²) in [5.41, 5.74) is 0. The van der Waals surface area contributed by atoms with Crippen molar-refractivity contribution < 1.29 is 0 Å². The predicted molar refractivity (Wildman–Crippen MR) is 27.4 cm³/mol. The summed E-state index contributed by atoms with van der Waals surface area (Å²) in [5, 5.41) is 0. The Morgan fingerprint density at radius 3 is 1.50 bits per heavy atom. The van der Waals surface area contributed by atoms with Crippen molar-refractivity contribution in [1.82, 2.24) is 0 Å². The maximum atomic E-state index is 2.35. The van der Waals surface area contributed by atoms with Gasteiger partial charge in [0.15, 0.2) is 0 Å². The van der Waals surface area contributed by atoms with E-state index in [1.807, 2.05) is 0 Å². The van der Waals surface area contributed by atoms with E-state index >= 15 is 0 Å². The molecule has 27 valence electrons. The average Bonchev–Trinajstić information content (AvgIpc) is 0.811. The maximum absolute atomic E-state index is 2.35. The third-order valence-electron chi connectivity index (χ3n) is 0. The Kier molecular flexibility index (Phi) is 2.37. The van der Waals surface area contributed by atoms with Crippen molar-refractivity contribution in [1.29, 1.82) is 0 Å². The molecule has 0 aliphatic rings. The standard InChI is InChI=1S/C2H9SeSi/c1-3(2)4/h1-2,4H3. The van der Waals surface area contributed by atoms with E-state index in [4.69, 9.17) is 0 Å². The Bertz CT molecular complexity index is 10.8. The van der Waals surface area contributed by atoms with Crippen molar-refractivity contribution in [3.05, 3.63) is 0 Å². The first-order valence-electron chi connectivity index (χ1n) is 1.22. The second-order valence-electron chi connectivity index (χ2n) is 1.22. The molecule has 1 radical (unpaired) electrons. The first kappa shape index (κ1) is 4.74. The fraction of sp³-hybridized carbons (Fsp3) is 1.00. The predicted octanol–water partition coefficient (Wildman–Crippen LogP) is -0.397. The third-order valence-corrected chi connectivity index (χ3v) is 0. The summed E-state index contributed by atoms with van der Waals surface area (Å²) in [6, 6.07) is 0. The van der Waals surface area contributed by atoms with Crippen molar-refractivity contribution in [3.63, 3.8) is 0 Å². The van der Waals surface area contributed by atoms with Gasteiger partial charge in [-0.3, -0.25) is 0 Å². The fourth-order valence-corrected chi connectivity index (χ4v) is 0. The summed E-state index contributed by atoms with van der Waals surface area (Å²) in [7, 11) is 1.47. The second kappa shape index (κ2) is 2.00. The van der Waals surface area contributed by atoms with E-state index in [1.165, 1.54) is 8.85 Å². The SMILES string of the molecule is C[Se](C)[SiH3]. The monoisotopic (exact) mass is 141 g/mol. The Labute approximate surface area is 34.3 Å². The zero-order chi connectivity index (χ0) is 3.58. The van der Waals surface area contributed by atoms with Gasteiger partial charge in [0.2, 0.25) is 0 Å². The van der Waals surface area contributed by atoms with Crippen LogP contribution < -0.4 is 0 Å². The van der Waals surface area contributed by atoms with E-state index in [2.05, 4.69) is 11.6 Å². The van der Waals surface area contributed by atoms with Gasteiger partial charge in [0.1, 0.15) is 0 Å². The molecule has 0 spiro atoms. The van der Waals surface area contributed by atoms with Gasteiger partial charge < -0.3 is 0 Å². The van der Waals surface area contributed by atoms with E-state index in [1.54, 1.807) is 0 Å². The van der Waals surface area contributed by atoms with Crippen molar-refractivity contribution in [3.8, 4) is 0 Å². The van der Waals surface area contributed by atoms with Crippen LogP contribution in [0.4, 0.5) is 0 Å². The van der Waals surface area contributed by atoms with Gasteiger partial charge in [-0.15, -0.1) is 0 Å².